The van der Waals surface area contributed by atoms with Crippen molar-refractivity contribution in [3.8, 4) is 0 Å². The Hall–Kier alpha value is -0.950. The van der Waals surface area contributed by atoms with E-state index in [0.29, 0.717) is 26.4 Å². The summed E-state index contributed by atoms with van der Waals surface area (Å²) >= 11 is 15.0. The second-order valence-corrected chi connectivity index (χ2v) is 7.73. The van der Waals surface area contributed by atoms with Crippen molar-refractivity contribution in [1.29, 1.82) is 0 Å². The van der Waals surface area contributed by atoms with E-state index in [1.54, 1.807) is 25.1 Å². The van der Waals surface area contributed by atoms with Gasteiger partial charge in [0.15, 0.2) is 0 Å². The lowest BCUT2D eigenvalue weighted by Gasteiger charge is -2.13. The molecule has 2 aromatic rings. The van der Waals surface area contributed by atoms with Crippen molar-refractivity contribution in [2.45, 2.75) is 11.8 Å². The van der Waals surface area contributed by atoms with Crippen LogP contribution in [0.15, 0.2) is 39.7 Å². The second-order valence-electron chi connectivity index (χ2n) is 4.35. The lowest BCUT2D eigenvalue weighted by molar-refractivity contribution is 0.600. The number of nitrogens with two attached hydrogens (primary N) is 1. The quantitative estimate of drug-likeness (QED) is 0.735. The number of nitrogen functional groups attached to an aromatic ring is 1. The summed E-state index contributed by atoms with van der Waals surface area (Å²) in [7, 11) is -3.81. The molecule has 0 saturated carbocycles. The second kappa shape index (κ2) is 6.04. The Bertz CT molecular complexity index is 810. The normalized spacial score (nSPS) is 11.4. The zero-order chi connectivity index (χ0) is 15.8. The highest BCUT2D eigenvalue weighted by atomic mass is 79.9. The van der Waals surface area contributed by atoms with E-state index in [4.69, 9.17) is 28.9 Å². The third kappa shape index (κ3) is 3.63. The maximum absolute atomic E-state index is 12.5. The third-order valence-electron chi connectivity index (χ3n) is 2.83. The van der Waals surface area contributed by atoms with Crippen LogP contribution in [-0.4, -0.2) is 8.42 Å². The average Bonchev–Trinajstić information content (AvgIpc) is 2.37. The van der Waals surface area contributed by atoms with Crippen LogP contribution in [0.4, 0.5) is 11.4 Å². The molecule has 8 heteroatoms. The summed E-state index contributed by atoms with van der Waals surface area (Å²) in [6.45, 7) is 1.62. The maximum atomic E-state index is 12.5. The van der Waals surface area contributed by atoms with Gasteiger partial charge in [-0.3, -0.25) is 4.72 Å². The number of nitrogens with one attached hydrogen (secondary N) is 1. The van der Waals surface area contributed by atoms with Gasteiger partial charge in [-0.05, 0) is 58.7 Å². The molecule has 0 bridgehead atoms. The smallest absolute Gasteiger partial charge is 0.262 e. The van der Waals surface area contributed by atoms with E-state index in [-0.39, 0.29) is 9.92 Å². The highest BCUT2D eigenvalue weighted by Gasteiger charge is 2.20. The van der Waals surface area contributed by atoms with Crippen LogP contribution in [0.1, 0.15) is 5.56 Å². The third-order valence-corrected chi connectivity index (χ3v) is 5.43. The Morgan fingerprint density at radius 2 is 1.81 bits per heavy atom. The predicted octanol–water partition coefficient (Wildman–Crippen LogP) is 4.45. The SMILES string of the molecule is Cc1c(N)cc(Cl)cc1S(=O)(=O)Nc1ccc(Cl)cc1Br. The van der Waals surface area contributed by atoms with Gasteiger partial charge in [0, 0.05) is 20.2 Å². The molecule has 0 aliphatic carbocycles. The Labute approximate surface area is 141 Å². The summed E-state index contributed by atoms with van der Waals surface area (Å²) in [4.78, 5) is 0.0364. The fourth-order valence-corrected chi connectivity index (χ4v) is 4.31. The first kappa shape index (κ1) is 16.4. The zero-order valence-corrected chi connectivity index (χ0v) is 14.7. The molecule has 0 saturated heterocycles. The lowest BCUT2D eigenvalue weighted by Crippen LogP contribution is -2.15. The van der Waals surface area contributed by atoms with Crippen LogP contribution >= 0.6 is 39.1 Å². The minimum absolute atomic E-state index is 0.0364. The molecule has 0 fully saturated rings. The minimum Gasteiger partial charge on any atom is -0.398 e. The van der Waals surface area contributed by atoms with Crippen LogP contribution in [0.5, 0.6) is 0 Å². The zero-order valence-electron chi connectivity index (χ0n) is 10.8. The highest BCUT2D eigenvalue weighted by molar-refractivity contribution is 9.10. The molecule has 2 aromatic carbocycles. The molecule has 0 aliphatic heterocycles. The van der Waals surface area contributed by atoms with E-state index < -0.39 is 10.0 Å². The van der Waals surface area contributed by atoms with Crippen LogP contribution in [0.25, 0.3) is 0 Å². The monoisotopic (exact) mass is 408 g/mol. The first-order chi connectivity index (χ1) is 9.70. The molecule has 0 atom stereocenters. The molecule has 0 heterocycles. The summed E-state index contributed by atoms with van der Waals surface area (Å²) < 4.78 is 28.0. The number of hydrogen-bond acceptors (Lipinski definition) is 3. The van der Waals surface area contributed by atoms with Gasteiger partial charge in [0.05, 0.1) is 10.6 Å². The van der Waals surface area contributed by atoms with Gasteiger partial charge < -0.3 is 5.73 Å². The summed E-state index contributed by atoms with van der Waals surface area (Å²) in [5.41, 5.74) is 6.89. The number of sulfonamides is 1. The van der Waals surface area contributed by atoms with Crippen molar-refractivity contribution < 1.29 is 8.42 Å². The van der Waals surface area contributed by atoms with Crippen molar-refractivity contribution in [2.24, 2.45) is 0 Å². The molecule has 0 aromatic heterocycles. The predicted molar refractivity (Wildman–Crippen MR) is 90.6 cm³/mol. The maximum Gasteiger partial charge on any atom is 0.262 e. The van der Waals surface area contributed by atoms with Crippen LogP contribution in [0.2, 0.25) is 10.0 Å². The molecule has 3 N–H and O–H groups in total. The van der Waals surface area contributed by atoms with Crippen LogP contribution in [-0.2, 0) is 10.0 Å². The van der Waals surface area contributed by atoms with E-state index in [9.17, 15) is 8.42 Å². The average molecular weight is 410 g/mol. The van der Waals surface area contributed by atoms with Crippen molar-refractivity contribution in [2.75, 3.05) is 10.5 Å². The summed E-state index contributed by atoms with van der Waals surface area (Å²) in [6, 6.07) is 7.61. The van der Waals surface area contributed by atoms with Gasteiger partial charge in [-0.15, -0.1) is 0 Å². The fourth-order valence-electron chi connectivity index (χ4n) is 1.73. The van der Waals surface area contributed by atoms with Gasteiger partial charge in [0.1, 0.15) is 0 Å². The van der Waals surface area contributed by atoms with Gasteiger partial charge in [0.25, 0.3) is 10.0 Å². The summed E-state index contributed by atoms with van der Waals surface area (Å²) in [6.07, 6.45) is 0. The van der Waals surface area contributed by atoms with Crippen molar-refractivity contribution in [3.63, 3.8) is 0 Å². The summed E-state index contributed by atoms with van der Waals surface area (Å²) in [5, 5.41) is 0.752. The molecular formula is C13H11BrCl2N2O2S. The Balaban J connectivity index is 2.48. The van der Waals surface area contributed by atoms with Gasteiger partial charge in [-0.1, -0.05) is 23.2 Å². The first-order valence-electron chi connectivity index (χ1n) is 5.74. The summed E-state index contributed by atoms with van der Waals surface area (Å²) in [5.74, 6) is 0. The molecule has 112 valence electrons. The van der Waals surface area contributed by atoms with Gasteiger partial charge in [-0.25, -0.2) is 8.42 Å². The Morgan fingerprint density at radius 1 is 1.14 bits per heavy atom. The van der Waals surface area contributed by atoms with Crippen LogP contribution < -0.4 is 10.5 Å². The molecule has 0 amide bonds. The van der Waals surface area contributed by atoms with Crippen molar-refractivity contribution >= 4 is 60.5 Å². The number of benzene rings is 2. The van der Waals surface area contributed by atoms with Crippen LogP contribution in [0, 0.1) is 6.92 Å². The van der Waals surface area contributed by atoms with E-state index in [2.05, 4.69) is 20.7 Å². The molecule has 0 radical (unpaired) electrons. The largest absolute Gasteiger partial charge is 0.398 e. The first-order valence-corrected chi connectivity index (χ1v) is 8.77. The number of rotatable bonds is 3. The number of halogens is 3. The molecule has 4 nitrogen and oxygen atoms in total. The topological polar surface area (TPSA) is 72.2 Å². The van der Waals surface area contributed by atoms with E-state index in [1.807, 2.05) is 0 Å². The standard InChI is InChI=1S/C13H11BrCl2N2O2S/c1-7-11(17)5-9(16)6-13(7)21(19,20)18-12-3-2-8(15)4-10(12)14/h2-6,18H,17H2,1H3. The molecule has 2 rings (SSSR count). The van der Waals surface area contributed by atoms with E-state index >= 15 is 0 Å². The van der Waals surface area contributed by atoms with Crippen molar-refractivity contribution in [3.05, 3.63) is 50.4 Å². The van der Waals surface area contributed by atoms with Crippen LogP contribution in [0.3, 0.4) is 0 Å². The molecule has 0 aliphatic rings. The van der Waals surface area contributed by atoms with E-state index in [1.165, 1.54) is 12.1 Å². The molecule has 21 heavy (non-hydrogen) atoms. The minimum atomic E-state index is -3.81. The highest BCUT2D eigenvalue weighted by Crippen LogP contribution is 2.31. The fraction of sp³-hybridized carbons (Fsp3) is 0.0769. The van der Waals surface area contributed by atoms with Gasteiger partial charge in [-0.2, -0.15) is 0 Å². The van der Waals surface area contributed by atoms with Gasteiger partial charge in [0.2, 0.25) is 0 Å². The Morgan fingerprint density at radius 3 is 2.43 bits per heavy atom. The number of hydrogen-bond donors (Lipinski definition) is 2. The molecule has 0 spiro atoms. The van der Waals surface area contributed by atoms with Crippen molar-refractivity contribution in [1.82, 2.24) is 0 Å². The van der Waals surface area contributed by atoms with Gasteiger partial charge >= 0.3 is 0 Å². The molecular weight excluding hydrogens is 399 g/mol. The molecule has 0 unspecified atom stereocenters. The number of anilines is 2. The Kier molecular flexibility index (Phi) is 4.72. The van der Waals surface area contributed by atoms with E-state index in [0.717, 1.165) is 0 Å². The lowest BCUT2D eigenvalue weighted by atomic mass is 10.2.